The summed E-state index contributed by atoms with van der Waals surface area (Å²) in [5.74, 6) is -0.214. The minimum Gasteiger partial charge on any atom is -0.370 e. The lowest BCUT2D eigenvalue weighted by Gasteiger charge is -2.06. The number of carbonyl (C=O) groups is 1. The normalized spacial score (nSPS) is 25.3. The molecule has 1 amide bonds. The Morgan fingerprint density at radius 1 is 1.85 bits per heavy atom. The van der Waals surface area contributed by atoms with Crippen molar-refractivity contribution in [3.8, 4) is 0 Å². The highest BCUT2D eigenvalue weighted by atomic mass is 16.6. The van der Waals surface area contributed by atoms with Crippen LogP contribution in [0.25, 0.3) is 0 Å². The summed E-state index contributed by atoms with van der Waals surface area (Å²) in [7, 11) is 0. The van der Waals surface area contributed by atoms with Crippen molar-refractivity contribution in [1.82, 2.24) is 5.32 Å². The minimum atomic E-state index is -0.214. The molecule has 1 N–H and O–H groups in total. The van der Waals surface area contributed by atoms with Gasteiger partial charge in [0.25, 0.3) is 0 Å². The van der Waals surface area contributed by atoms with E-state index in [2.05, 4.69) is 11.9 Å². The van der Waals surface area contributed by atoms with E-state index in [-0.39, 0.29) is 18.2 Å². The van der Waals surface area contributed by atoms with Gasteiger partial charge in [-0.25, -0.2) is 0 Å². The molecule has 13 heavy (non-hydrogen) atoms. The Balaban J connectivity index is 1.89. The number of ether oxygens (including phenoxy) is 2. The molecule has 0 aliphatic carbocycles. The molecule has 1 atom stereocenters. The highest BCUT2D eigenvalue weighted by molar-refractivity contribution is 5.86. The van der Waals surface area contributed by atoms with Crippen molar-refractivity contribution in [3.05, 3.63) is 12.7 Å². The highest BCUT2D eigenvalue weighted by Crippen LogP contribution is 2.29. The molecule has 1 unspecified atom stereocenters. The molecule has 0 radical (unpaired) electrons. The van der Waals surface area contributed by atoms with Crippen molar-refractivity contribution in [2.45, 2.75) is 18.9 Å². The van der Waals surface area contributed by atoms with Gasteiger partial charge in [0.15, 0.2) is 0 Å². The van der Waals surface area contributed by atoms with Gasteiger partial charge in [-0.15, -0.1) is 0 Å². The van der Waals surface area contributed by atoms with Crippen molar-refractivity contribution in [2.75, 3.05) is 19.9 Å². The fourth-order valence-corrected chi connectivity index (χ4v) is 0.822. The molecule has 0 aromatic rings. The molecule has 1 saturated heterocycles. The van der Waals surface area contributed by atoms with Crippen molar-refractivity contribution in [2.24, 2.45) is 0 Å². The van der Waals surface area contributed by atoms with E-state index in [0.717, 1.165) is 13.0 Å². The van der Waals surface area contributed by atoms with Gasteiger partial charge in [0, 0.05) is 6.42 Å². The predicted octanol–water partition coefficient (Wildman–Crippen LogP) is 0.442. The first-order valence-corrected chi connectivity index (χ1v) is 4.28. The standard InChI is InChI=1S/C9H15NO3/c1-3-8(11)10-7-12-5-4-9(2)6-13-9/h3H,1,4-7H2,2H3,(H,10,11). The Kier molecular flexibility index (Phi) is 3.45. The fraction of sp³-hybridized carbons (Fsp3) is 0.667. The van der Waals surface area contributed by atoms with E-state index in [4.69, 9.17) is 9.47 Å². The predicted molar refractivity (Wildman–Crippen MR) is 48.1 cm³/mol. The molecular weight excluding hydrogens is 170 g/mol. The molecule has 0 aromatic carbocycles. The van der Waals surface area contributed by atoms with Gasteiger partial charge in [0.2, 0.25) is 5.91 Å². The summed E-state index contributed by atoms with van der Waals surface area (Å²) in [6, 6.07) is 0. The van der Waals surface area contributed by atoms with Crippen LogP contribution < -0.4 is 5.32 Å². The lowest BCUT2D eigenvalue weighted by molar-refractivity contribution is -0.118. The molecule has 1 aliphatic rings. The summed E-state index contributed by atoms with van der Waals surface area (Å²) in [6.07, 6.45) is 2.09. The summed E-state index contributed by atoms with van der Waals surface area (Å²) < 4.78 is 10.3. The van der Waals surface area contributed by atoms with Gasteiger partial charge in [-0.3, -0.25) is 4.79 Å². The molecule has 1 heterocycles. The van der Waals surface area contributed by atoms with Crippen LogP contribution >= 0.6 is 0 Å². The number of rotatable bonds is 6. The molecule has 1 aliphatic heterocycles. The molecule has 4 nitrogen and oxygen atoms in total. The first kappa shape index (κ1) is 10.2. The van der Waals surface area contributed by atoms with Gasteiger partial charge in [0.1, 0.15) is 6.73 Å². The van der Waals surface area contributed by atoms with Crippen LogP contribution in [0.1, 0.15) is 13.3 Å². The molecule has 4 heteroatoms. The molecule has 1 rings (SSSR count). The molecule has 0 saturated carbocycles. The van der Waals surface area contributed by atoms with Gasteiger partial charge in [-0.05, 0) is 13.0 Å². The molecule has 74 valence electrons. The maximum Gasteiger partial charge on any atom is 0.245 e. The minimum absolute atomic E-state index is 0.0302. The van der Waals surface area contributed by atoms with Crippen LogP contribution in [0, 0.1) is 0 Å². The zero-order valence-corrected chi connectivity index (χ0v) is 7.84. The number of hydrogen-bond acceptors (Lipinski definition) is 3. The maximum atomic E-state index is 10.7. The Labute approximate surface area is 77.9 Å². The van der Waals surface area contributed by atoms with E-state index in [1.807, 2.05) is 6.92 Å². The molecule has 0 aromatic heterocycles. The molecule has 0 bridgehead atoms. The van der Waals surface area contributed by atoms with E-state index < -0.39 is 0 Å². The molecule has 0 spiro atoms. The van der Waals surface area contributed by atoms with Crippen LogP contribution in [0.3, 0.4) is 0 Å². The lowest BCUT2D eigenvalue weighted by atomic mass is 10.1. The lowest BCUT2D eigenvalue weighted by Crippen LogP contribution is -2.24. The van der Waals surface area contributed by atoms with E-state index >= 15 is 0 Å². The number of carbonyl (C=O) groups excluding carboxylic acids is 1. The second-order valence-corrected chi connectivity index (χ2v) is 3.29. The SMILES string of the molecule is C=CC(=O)NCOCCC1(C)CO1. The van der Waals surface area contributed by atoms with Crippen molar-refractivity contribution in [3.63, 3.8) is 0 Å². The van der Waals surface area contributed by atoms with Gasteiger partial charge in [-0.1, -0.05) is 6.58 Å². The topological polar surface area (TPSA) is 50.9 Å². The van der Waals surface area contributed by atoms with Gasteiger partial charge < -0.3 is 14.8 Å². The van der Waals surface area contributed by atoms with Gasteiger partial charge >= 0.3 is 0 Å². The van der Waals surface area contributed by atoms with Crippen LogP contribution in [0.4, 0.5) is 0 Å². The third-order valence-corrected chi connectivity index (χ3v) is 1.95. The zero-order valence-electron chi connectivity index (χ0n) is 7.84. The third-order valence-electron chi connectivity index (χ3n) is 1.95. The molecular formula is C9H15NO3. The van der Waals surface area contributed by atoms with E-state index in [9.17, 15) is 4.79 Å². The Morgan fingerprint density at radius 3 is 3.08 bits per heavy atom. The second-order valence-electron chi connectivity index (χ2n) is 3.29. The van der Waals surface area contributed by atoms with Crippen LogP contribution in [0.5, 0.6) is 0 Å². The smallest absolute Gasteiger partial charge is 0.245 e. The quantitative estimate of drug-likeness (QED) is 0.283. The summed E-state index contributed by atoms with van der Waals surface area (Å²) in [4.78, 5) is 10.7. The number of nitrogens with one attached hydrogen (secondary N) is 1. The summed E-state index contributed by atoms with van der Waals surface area (Å²) >= 11 is 0. The fourth-order valence-electron chi connectivity index (χ4n) is 0.822. The first-order chi connectivity index (χ1) is 6.16. The third kappa shape index (κ3) is 4.05. The van der Waals surface area contributed by atoms with E-state index in [1.165, 1.54) is 6.08 Å². The van der Waals surface area contributed by atoms with Gasteiger partial charge in [-0.2, -0.15) is 0 Å². The average Bonchev–Trinajstić information content (AvgIpc) is 2.83. The van der Waals surface area contributed by atoms with Crippen LogP contribution in [0.2, 0.25) is 0 Å². The Bertz CT molecular complexity index is 199. The Hall–Kier alpha value is -0.870. The summed E-state index contributed by atoms with van der Waals surface area (Å²) in [5.41, 5.74) is 0.0302. The average molecular weight is 185 g/mol. The van der Waals surface area contributed by atoms with Gasteiger partial charge in [0.05, 0.1) is 18.8 Å². The summed E-state index contributed by atoms with van der Waals surface area (Å²) in [5, 5.41) is 2.52. The van der Waals surface area contributed by atoms with Crippen molar-refractivity contribution < 1.29 is 14.3 Å². The number of hydrogen-bond donors (Lipinski definition) is 1. The summed E-state index contributed by atoms with van der Waals surface area (Å²) in [6.45, 7) is 7.02. The molecule has 1 fully saturated rings. The highest BCUT2D eigenvalue weighted by Gasteiger charge is 2.38. The zero-order chi connectivity index (χ0) is 9.73. The van der Waals surface area contributed by atoms with Crippen LogP contribution in [-0.2, 0) is 14.3 Å². The van der Waals surface area contributed by atoms with E-state index in [1.54, 1.807) is 0 Å². The second kappa shape index (κ2) is 4.39. The first-order valence-electron chi connectivity index (χ1n) is 4.28. The maximum absolute atomic E-state index is 10.7. The van der Waals surface area contributed by atoms with Crippen molar-refractivity contribution in [1.29, 1.82) is 0 Å². The van der Waals surface area contributed by atoms with E-state index in [0.29, 0.717) is 6.61 Å². The van der Waals surface area contributed by atoms with Crippen molar-refractivity contribution >= 4 is 5.91 Å². The monoisotopic (exact) mass is 185 g/mol. The number of epoxide rings is 1. The van der Waals surface area contributed by atoms with Crippen LogP contribution in [0.15, 0.2) is 12.7 Å². The largest absolute Gasteiger partial charge is 0.370 e. The van der Waals surface area contributed by atoms with Crippen LogP contribution in [-0.4, -0.2) is 31.5 Å². The Morgan fingerprint density at radius 2 is 2.54 bits per heavy atom. The number of amides is 1.